The van der Waals surface area contributed by atoms with E-state index < -0.39 is 23.8 Å². The zero-order valence-electron chi connectivity index (χ0n) is 14.1. The van der Waals surface area contributed by atoms with Gasteiger partial charge in [-0.3, -0.25) is 10.1 Å². The summed E-state index contributed by atoms with van der Waals surface area (Å²) in [5.74, 6) is 0.752. The van der Waals surface area contributed by atoms with Gasteiger partial charge in [0.2, 0.25) is 0 Å². The normalized spacial score (nSPS) is 12.4. The van der Waals surface area contributed by atoms with Crippen LogP contribution in [0.15, 0.2) is 48.8 Å². The lowest BCUT2D eigenvalue weighted by Gasteiger charge is -2.15. The van der Waals surface area contributed by atoms with E-state index in [2.05, 4.69) is 30.8 Å². The summed E-state index contributed by atoms with van der Waals surface area (Å²) < 4.78 is 39.0. The Bertz CT molecular complexity index is 926. The average Bonchev–Trinajstić information content (AvgIpc) is 3.12. The molecule has 0 radical (unpaired) electrons. The summed E-state index contributed by atoms with van der Waals surface area (Å²) >= 11 is 0. The Morgan fingerprint density at radius 2 is 1.96 bits per heavy atom. The molecule has 3 rings (SSSR count). The van der Waals surface area contributed by atoms with Crippen LogP contribution in [-0.4, -0.2) is 26.2 Å². The molecule has 0 aliphatic heterocycles. The number of carbonyl (C=O) groups excluding carboxylic acids is 1. The molecule has 2 aromatic heterocycles. The van der Waals surface area contributed by atoms with Crippen LogP contribution < -0.4 is 10.6 Å². The average molecular weight is 376 g/mol. The van der Waals surface area contributed by atoms with Gasteiger partial charge in [-0.1, -0.05) is 12.1 Å². The first kappa shape index (κ1) is 18.4. The molecule has 0 spiro atoms. The van der Waals surface area contributed by atoms with Gasteiger partial charge in [-0.15, -0.1) is 0 Å². The smallest absolute Gasteiger partial charge is 0.328 e. The number of anilines is 1. The van der Waals surface area contributed by atoms with E-state index in [9.17, 15) is 18.0 Å². The van der Waals surface area contributed by atoms with E-state index in [1.807, 2.05) is 0 Å². The first-order chi connectivity index (χ1) is 12.8. The molecule has 2 heterocycles. The van der Waals surface area contributed by atoms with E-state index in [4.69, 9.17) is 0 Å². The SMILES string of the molecule is CC(NC(=O)Nc1ccccc1C(F)(F)F)c1nc(-c2cccnc2)n[nH]1. The zero-order chi connectivity index (χ0) is 19.4. The van der Waals surface area contributed by atoms with E-state index in [0.717, 1.165) is 6.07 Å². The number of urea groups is 1. The Labute approximate surface area is 152 Å². The second-order valence-corrected chi connectivity index (χ2v) is 5.65. The molecule has 0 fully saturated rings. The van der Waals surface area contributed by atoms with Gasteiger partial charge >= 0.3 is 12.2 Å². The maximum Gasteiger partial charge on any atom is 0.418 e. The maximum absolute atomic E-state index is 13.0. The Morgan fingerprint density at radius 1 is 1.19 bits per heavy atom. The van der Waals surface area contributed by atoms with Crippen LogP contribution in [0, 0.1) is 0 Å². The molecule has 140 valence electrons. The van der Waals surface area contributed by atoms with E-state index in [0.29, 0.717) is 17.2 Å². The van der Waals surface area contributed by atoms with Crippen LogP contribution in [0.3, 0.4) is 0 Å². The highest BCUT2D eigenvalue weighted by molar-refractivity contribution is 5.90. The summed E-state index contributed by atoms with van der Waals surface area (Å²) in [7, 11) is 0. The number of nitrogens with zero attached hydrogens (tertiary/aromatic N) is 3. The van der Waals surface area contributed by atoms with Gasteiger partial charge in [0.05, 0.1) is 17.3 Å². The second kappa shape index (κ2) is 7.44. The van der Waals surface area contributed by atoms with Crippen molar-refractivity contribution in [3.63, 3.8) is 0 Å². The van der Waals surface area contributed by atoms with Crippen molar-refractivity contribution >= 4 is 11.7 Å². The summed E-state index contributed by atoms with van der Waals surface area (Å²) in [5.41, 5.74) is -0.564. The molecule has 0 saturated heterocycles. The number of hydrogen-bond acceptors (Lipinski definition) is 4. The third-order valence-corrected chi connectivity index (χ3v) is 3.66. The number of hydrogen-bond donors (Lipinski definition) is 3. The molecule has 10 heteroatoms. The van der Waals surface area contributed by atoms with Crippen molar-refractivity contribution in [3.05, 3.63) is 60.2 Å². The molecule has 0 aliphatic carbocycles. The van der Waals surface area contributed by atoms with Crippen molar-refractivity contribution in [1.29, 1.82) is 0 Å². The summed E-state index contributed by atoms with van der Waals surface area (Å²) in [6, 6.07) is 6.85. The minimum absolute atomic E-state index is 0.330. The minimum Gasteiger partial charge on any atom is -0.328 e. The molecular formula is C17H15F3N6O. The predicted molar refractivity (Wildman–Crippen MR) is 91.6 cm³/mol. The van der Waals surface area contributed by atoms with Crippen LogP contribution in [-0.2, 0) is 6.18 Å². The van der Waals surface area contributed by atoms with Crippen LogP contribution in [0.5, 0.6) is 0 Å². The van der Waals surface area contributed by atoms with Gasteiger partial charge in [-0.25, -0.2) is 9.78 Å². The van der Waals surface area contributed by atoms with Gasteiger partial charge in [-0.05, 0) is 31.2 Å². The van der Waals surface area contributed by atoms with E-state index in [1.54, 1.807) is 31.5 Å². The number of carbonyl (C=O) groups is 1. The number of halogens is 3. The van der Waals surface area contributed by atoms with Gasteiger partial charge < -0.3 is 10.6 Å². The number of pyridine rings is 1. The predicted octanol–water partition coefficient (Wildman–Crippen LogP) is 3.77. The van der Waals surface area contributed by atoms with Crippen molar-refractivity contribution in [2.45, 2.75) is 19.1 Å². The summed E-state index contributed by atoms with van der Waals surface area (Å²) in [4.78, 5) is 20.3. The molecule has 3 aromatic rings. The topological polar surface area (TPSA) is 95.6 Å². The molecule has 1 atom stereocenters. The monoisotopic (exact) mass is 376 g/mol. The minimum atomic E-state index is -4.57. The van der Waals surface area contributed by atoms with Crippen LogP contribution in [0.2, 0.25) is 0 Å². The Balaban J connectivity index is 1.68. The molecule has 3 N–H and O–H groups in total. The number of aromatic nitrogens is 4. The zero-order valence-corrected chi connectivity index (χ0v) is 14.1. The standard InChI is InChI=1S/C17H15F3N6O/c1-10(14-24-15(26-25-14)11-5-4-8-21-9-11)22-16(27)23-13-7-3-2-6-12(13)17(18,19)20/h2-10H,1H3,(H2,22,23,27)(H,24,25,26). The highest BCUT2D eigenvalue weighted by Gasteiger charge is 2.33. The quantitative estimate of drug-likeness (QED) is 0.646. The molecular weight excluding hydrogens is 361 g/mol. The van der Waals surface area contributed by atoms with E-state index in [1.165, 1.54) is 18.2 Å². The van der Waals surface area contributed by atoms with Crippen LogP contribution in [0.25, 0.3) is 11.4 Å². The molecule has 0 aliphatic rings. The van der Waals surface area contributed by atoms with E-state index >= 15 is 0 Å². The number of alkyl halides is 3. The van der Waals surface area contributed by atoms with Crippen molar-refractivity contribution in [2.75, 3.05) is 5.32 Å². The van der Waals surface area contributed by atoms with Crippen LogP contribution in [0.1, 0.15) is 24.4 Å². The van der Waals surface area contributed by atoms with Crippen molar-refractivity contribution in [2.24, 2.45) is 0 Å². The molecule has 1 aromatic carbocycles. The number of benzene rings is 1. The number of nitrogens with one attached hydrogen (secondary N) is 3. The number of amides is 2. The summed E-state index contributed by atoms with van der Waals surface area (Å²) in [5, 5.41) is 11.5. The molecule has 0 bridgehead atoms. The third-order valence-electron chi connectivity index (χ3n) is 3.66. The lowest BCUT2D eigenvalue weighted by molar-refractivity contribution is -0.136. The third kappa shape index (κ3) is 4.40. The molecule has 0 saturated carbocycles. The van der Waals surface area contributed by atoms with Gasteiger partial charge in [0, 0.05) is 18.0 Å². The Morgan fingerprint density at radius 3 is 2.67 bits per heavy atom. The summed E-state index contributed by atoms with van der Waals surface area (Å²) in [6.45, 7) is 1.63. The van der Waals surface area contributed by atoms with Gasteiger partial charge in [-0.2, -0.15) is 18.3 Å². The second-order valence-electron chi connectivity index (χ2n) is 5.65. The fourth-order valence-corrected chi connectivity index (χ4v) is 2.35. The Kier molecular flexibility index (Phi) is 5.06. The van der Waals surface area contributed by atoms with Gasteiger partial charge in [0.15, 0.2) is 5.82 Å². The van der Waals surface area contributed by atoms with Gasteiger partial charge in [0.25, 0.3) is 0 Å². The van der Waals surface area contributed by atoms with E-state index in [-0.39, 0.29) is 5.69 Å². The number of rotatable bonds is 4. The number of aromatic amines is 1. The number of H-pyrrole nitrogens is 1. The molecule has 2 amide bonds. The van der Waals surface area contributed by atoms with Crippen LogP contribution in [0.4, 0.5) is 23.7 Å². The Hall–Kier alpha value is -3.43. The first-order valence-corrected chi connectivity index (χ1v) is 7.91. The fraction of sp³-hybridized carbons (Fsp3) is 0.176. The maximum atomic E-state index is 13.0. The molecule has 7 nitrogen and oxygen atoms in total. The first-order valence-electron chi connectivity index (χ1n) is 7.91. The largest absolute Gasteiger partial charge is 0.418 e. The molecule has 27 heavy (non-hydrogen) atoms. The van der Waals surface area contributed by atoms with Crippen molar-refractivity contribution in [1.82, 2.24) is 25.5 Å². The molecule has 1 unspecified atom stereocenters. The lowest BCUT2D eigenvalue weighted by Crippen LogP contribution is -2.32. The van der Waals surface area contributed by atoms with Gasteiger partial charge in [0.1, 0.15) is 5.82 Å². The summed E-state index contributed by atoms with van der Waals surface area (Å²) in [6.07, 6.45) is -1.37. The van der Waals surface area contributed by atoms with Crippen molar-refractivity contribution < 1.29 is 18.0 Å². The van der Waals surface area contributed by atoms with Crippen molar-refractivity contribution in [3.8, 4) is 11.4 Å². The van der Waals surface area contributed by atoms with Crippen LogP contribution >= 0.6 is 0 Å². The fourth-order valence-electron chi connectivity index (χ4n) is 2.35. The number of para-hydroxylation sites is 1. The highest BCUT2D eigenvalue weighted by atomic mass is 19.4. The highest BCUT2D eigenvalue weighted by Crippen LogP contribution is 2.34. The lowest BCUT2D eigenvalue weighted by atomic mass is 10.1.